The van der Waals surface area contributed by atoms with Gasteiger partial charge in [-0.3, -0.25) is 0 Å². The SMILES string of the molecule is CCCNCc1ccc(N(C)C(C)CCSC)nc1. The third-order valence-electron chi connectivity index (χ3n) is 3.33. The van der Waals surface area contributed by atoms with Crippen molar-refractivity contribution in [1.82, 2.24) is 10.3 Å². The minimum absolute atomic E-state index is 0.531. The summed E-state index contributed by atoms with van der Waals surface area (Å²) in [6, 6.07) is 4.82. The highest BCUT2D eigenvalue weighted by atomic mass is 32.2. The van der Waals surface area contributed by atoms with Crippen LogP contribution >= 0.6 is 11.8 Å². The molecule has 0 amide bonds. The molecule has 0 radical (unpaired) electrons. The molecular weight excluding hydrogens is 254 g/mol. The number of nitrogens with zero attached hydrogens (tertiary/aromatic N) is 2. The Kier molecular flexibility index (Phi) is 7.91. The number of aromatic nitrogens is 1. The van der Waals surface area contributed by atoms with E-state index in [9.17, 15) is 0 Å². The fourth-order valence-corrected chi connectivity index (χ4v) is 2.42. The first-order chi connectivity index (χ1) is 9.19. The molecule has 1 unspecified atom stereocenters. The summed E-state index contributed by atoms with van der Waals surface area (Å²) < 4.78 is 0. The molecule has 108 valence electrons. The van der Waals surface area contributed by atoms with E-state index in [1.807, 2.05) is 18.0 Å². The first kappa shape index (κ1) is 16.3. The number of thioether (sulfide) groups is 1. The van der Waals surface area contributed by atoms with E-state index in [1.165, 1.54) is 24.2 Å². The molecule has 0 aliphatic heterocycles. The van der Waals surface area contributed by atoms with Gasteiger partial charge in [0, 0.05) is 25.8 Å². The summed E-state index contributed by atoms with van der Waals surface area (Å²) in [5, 5.41) is 3.39. The second kappa shape index (κ2) is 9.21. The molecule has 0 saturated heterocycles. The van der Waals surface area contributed by atoms with Crippen molar-refractivity contribution in [3.63, 3.8) is 0 Å². The van der Waals surface area contributed by atoms with Gasteiger partial charge in [-0.25, -0.2) is 4.98 Å². The molecule has 0 aliphatic carbocycles. The highest BCUT2D eigenvalue weighted by molar-refractivity contribution is 7.98. The van der Waals surface area contributed by atoms with Gasteiger partial charge in [0.05, 0.1) is 0 Å². The fraction of sp³-hybridized carbons (Fsp3) is 0.667. The Morgan fingerprint density at radius 1 is 1.42 bits per heavy atom. The Labute approximate surface area is 122 Å². The summed E-state index contributed by atoms with van der Waals surface area (Å²) in [4.78, 5) is 6.83. The van der Waals surface area contributed by atoms with Gasteiger partial charge >= 0.3 is 0 Å². The molecule has 3 nitrogen and oxygen atoms in total. The normalized spacial score (nSPS) is 12.4. The quantitative estimate of drug-likeness (QED) is 0.704. The highest BCUT2D eigenvalue weighted by Gasteiger charge is 2.10. The van der Waals surface area contributed by atoms with Crippen molar-refractivity contribution in [2.24, 2.45) is 0 Å². The number of hydrogen-bond acceptors (Lipinski definition) is 4. The molecule has 0 saturated carbocycles. The Hall–Kier alpha value is -0.740. The number of pyridine rings is 1. The van der Waals surface area contributed by atoms with Crippen molar-refractivity contribution in [2.75, 3.05) is 30.5 Å². The van der Waals surface area contributed by atoms with E-state index in [0.29, 0.717) is 6.04 Å². The van der Waals surface area contributed by atoms with Crippen LogP contribution in [0.5, 0.6) is 0 Å². The van der Waals surface area contributed by atoms with Crippen LogP contribution in [0, 0.1) is 0 Å². The Morgan fingerprint density at radius 2 is 2.21 bits per heavy atom. The number of anilines is 1. The Balaban J connectivity index is 2.50. The van der Waals surface area contributed by atoms with Crippen LogP contribution in [0.4, 0.5) is 5.82 Å². The molecule has 1 heterocycles. The lowest BCUT2D eigenvalue weighted by atomic mass is 10.2. The van der Waals surface area contributed by atoms with Gasteiger partial charge in [-0.1, -0.05) is 13.0 Å². The van der Waals surface area contributed by atoms with Crippen LogP contribution in [0.1, 0.15) is 32.3 Å². The number of rotatable bonds is 9. The zero-order valence-electron chi connectivity index (χ0n) is 12.6. The van der Waals surface area contributed by atoms with Crippen LogP contribution in [0.25, 0.3) is 0 Å². The van der Waals surface area contributed by atoms with Gasteiger partial charge in [0.2, 0.25) is 0 Å². The molecule has 1 rings (SSSR count). The van der Waals surface area contributed by atoms with Gasteiger partial charge in [-0.2, -0.15) is 11.8 Å². The largest absolute Gasteiger partial charge is 0.357 e. The van der Waals surface area contributed by atoms with Crippen molar-refractivity contribution < 1.29 is 0 Å². The van der Waals surface area contributed by atoms with Gasteiger partial charge in [0.25, 0.3) is 0 Å². The van der Waals surface area contributed by atoms with Gasteiger partial charge in [0.1, 0.15) is 5.82 Å². The third kappa shape index (κ3) is 5.83. The molecule has 0 aliphatic rings. The molecule has 0 spiro atoms. The maximum atomic E-state index is 4.57. The van der Waals surface area contributed by atoms with Crippen molar-refractivity contribution in [3.8, 4) is 0 Å². The fourth-order valence-electron chi connectivity index (χ4n) is 1.85. The summed E-state index contributed by atoms with van der Waals surface area (Å²) in [6.45, 7) is 6.41. The van der Waals surface area contributed by atoms with E-state index in [2.05, 4.69) is 54.5 Å². The van der Waals surface area contributed by atoms with E-state index in [1.54, 1.807) is 0 Å². The lowest BCUT2D eigenvalue weighted by molar-refractivity contribution is 0.658. The molecule has 4 heteroatoms. The number of hydrogen-bond donors (Lipinski definition) is 1. The van der Waals surface area contributed by atoms with E-state index in [-0.39, 0.29) is 0 Å². The van der Waals surface area contributed by atoms with Crippen LogP contribution in [-0.2, 0) is 6.54 Å². The zero-order valence-corrected chi connectivity index (χ0v) is 13.5. The van der Waals surface area contributed by atoms with Gasteiger partial charge in [-0.15, -0.1) is 0 Å². The minimum atomic E-state index is 0.531. The van der Waals surface area contributed by atoms with E-state index >= 15 is 0 Å². The van der Waals surface area contributed by atoms with Crippen molar-refractivity contribution in [3.05, 3.63) is 23.9 Å². The average molecular weight is 281 g/mol. The van der Waals surface area contributed by atoms with E-state index in [4.69, 9.17) is 0 Å². The van der Waals surface area contributed by atoms with Crippen molar-refractivity contribution >= 4 is 17.6 Å². The molecular formula is C15H27N3S. The van der Waals surface area contributed by atoms with Crippen LogP contribution < -0.4 is 10.2 Å². The third-order valence-corrected chi connectivity index (χ3v) is 3.97. The summed E-state index contributed by atoms with van der Waals surface area (Å²) in [5.41, 5.74) is 1.25. The molecule has 19 heavy (non-hydrogen) atoms. The molecule has 1 N–H and O–H groups in total. The lowest BCUT2D eigenvalue weighted by Gasteiger charge is -2.25. The monoisotopic (exact) mass is 281 g/mol. The van der Waals surface area contributed by atoms with Crippen molar-refractivity contribution in [1.29, 1.82) is 0 Å². The first-order valence-corrected chi connectivity index (χ1v) is 8.45. The van der Waals surface area contributed by atoms with Gasteiger partial charge < -0.3 is 10.2 Å². The maximum absolute atomic E-state index is 4.57. The molecule has 1 atom stereocenters. The molecule has 0 bridgehead atoms. The summed E-state index contributed by atoms with van der Waals surface area (Å²) in [6.07, 6.45) is 6.50. The van der Waals surface area contributed by atoms with E-state index < -0.39 is 0 Å². The molecule has 1 aromatic heterocycles. The smallest absolute Gasteiger partial charge is 0.128 e. The standard InChI is InChI=1S/C15H27N3S/c1-5-9-16-11-14-6-7-15(17-12-14)18(3)13(2)8-10-19-4/h6-7,12-13,16H,5,8-11H2,1-4H3. The zero-order chi connectivity index (χ0) is 14.1. The molecule has 1 aromatic rings. The Bertz CT molecular complexity index is 340. The maximum Gasteiger partial charge on any atom is 0.128 e. The van der Waals surface area contributed by atoms with Crippen LogP contribution in [0.2, 0.25) is 0 Å². The average Bonchev–Trinajstić information content (AvgIpc) is 2.45. The molecule has 0 aromatic carbocycles. The summed E-state index contributed by atoms with van der Waals surface area (Å²) >= 11 is 1.90. The second-order valence-corrected chi connectivity index (χ2v) is 5.93. The summed E-state index contributed by atoms with van der Waals surface area (Å²) in [7, 11) is 2.13. The first-order valence-electron chi connectivity index (χ1n) is 7.06. The van der Waals surface area contributed by atoms with Crippen molar-refractivity contribution in [2.45, 2.75) is 39.3 Å². The lowest BCUT2D eigenvalue weighted by Crippen LogP contribution is -2.30. The topological polar surface area (TPSA) is 28.2 Å². The van der Waals surface area contributed by atoms with Gasteiger partial charge in [-0.05, 0) is 49.9 Å². The van der Waals surface area contributed by atoms with Crippen LogP contribution in [0.3, 0.4) is 0 Å². The second-order valence-electron chi connectivity index (χ2n) is 4.94. The minimum Gasteiger partial charge on any atom is -0.357 e. The summed E-state index contributed by atoms with van der Waals surface area (Å²) in [5.74, 6) is 2.26. The number of nitrogens with one attached hydrogen (secondary N) is 1. The Morgan fingerprint density at radius 3 is 2.79 bits per heavy atom. The van der Waals surface area contributed by atoms with Crippen LogP contribution in [-0.4, -0.2) is 36.6 Å². The highest BCUT2D eigenvalue weighted by Crippen LogP contribution is 2.15. The molecule has 0 fully saturated rings. The predicted molar refractivity (Wildman–Crippen MR) is 87.1 cm³/mol. The van der Waals surface area contributed by atoms with Gasteiger partial charge in [0.15, 0.2) is 0 Å². The predicted octanol–water partition coefficient (Wildman–Crippen LogP) is 3.16. The van der Waals surface area contributed by atoms with E-state index in [0.717, 1.165) is 18.9 Å². The van der Waals surface area contributed by atoms with Crippen LogP contribution in [0.15, 0.2) is 18.3 Å².